The van der Waals surface area contributed by atoms with E-state index in [1.807, 2.05) is 0 Å². The Balaban J connectivity index is 3.42. The van der Waals surface area contributed by atoms with Gasteiger partial charge in [0.1, 0.15) is 0 Å². The van der Waals surface area contributed by atoms with Crippen LogP contribution in [0.2, 0.25) is 0 Å². The average Bonchev–Trinajstić information content (AvgIpc) is 2.35. The van der Waals surface area contributed by atoms with Crippen molar-refractivity contribution in [2.75, 3.05) is 14.2 Å². The summed E-state index contributed by atoms with van der Waals surface area (Å²) in [6.45, 7) is -0.185. The standard InChI is InChI=1S/C10H12F2N2O3/c1-16-8-5(3-13)6(9(11)12)4-14-7(8)10(15)17-2/h4,9H,3,13H2,1-2H3. The van der Waals surface area contributed by atoms with E-state index in [4.69, 9.17) is 10.5 Å². The Kier molecular flexibility index (Phi) is 4.33. The maximum Gasteiger partial charge on any atom is 0.360 e. The first-order valence-electron chi connectivity index (χ1n) is 4.69. The fourth-order valence-corrected chi connectivity index (χ4v) is 1.41. The van der Waals surface area contributed by atoms with Crippen LogP contribution in [0.3, 0.4) is 0 Å². The number of aromatic nitrogens is 1. The van der Waals surface area contributed by atoms with Gasteiger partial charge in [-0.2, -0.15) is 0 Å². The number of methoxy groups -OCH3 is 2. The summed E-state index contributed by atoms with van der Waals surface area (Å²) in [5, 5.41) is 0. The van der Waals surface area contributed by atoms with Gasteiger partial charge in [0.15, 0.2) is 11.4 Å². The molecule has 0 aliphatic heterocycles. The fourth-order valence-electron chi connectivity index (χ4n) is 1.41. The molecule has 0 amide bonds. The molecule has 94 valence electrons. The lowest BCUT2D eigenvalue weighted by Crippen LogP contribution is -2.13. The summed E-state index contributed by atoms with van der Waals surface area (Å²) in [5.41, 5.74) is 4.92. The second kappa shape index (κ2) is 5.53. The van der Waals surface area contributed by atoms with Crippen LogP contribution in [0.1, 0.15) is 28.0 Å². The van der Waals surface area contributed by atoms with Crippen LogP contribution in [-0.2, 0) is 11.3 Å². The summed E-state index contributed by atoms with van der Waals surface area (Å²) in [6.07, 6.45) is -1.83. The highest BCUT2D eigenvalue weighted by Crippen LogP contribution is 2.31. The molecule has 1 aromatic heterocycles. The Hall–Kier alpha value is -1.76. The number of rotatable bonds is 4. The molecule has 2 N–H and O–H groups in total. The molecule has 0 bridgehead atoms. The quantitative estimate of drug-likeness (QED) is 0.810. The number of carbonyl (C=O) groups is 1. The van der Waals surface area contributed by atoms with Gasteiger partial charge in [0, 0.05) is 23.9 Å². The van der Waals surface area contributed by atoms with Crippen LogP contribution in [0.5, 0.6) is 5.75 Å². The van der Waals surface area contributed by atoms with Gasteiger partial charge < -0.3 is 15.2 Å². The predicted octanol–water partition coefficient (Wildman–Crippen LogP) is 1.27. The monoisotopic (exact) mass is 246 g/mol. The van der Waals surface area contributed by atoms with Gasteiger partial charge in [0.2, 0.25) is 0 Å². The number of nitrogens with zero attached hydrogens (tertiary/aromatic N) is 1. The molecule has 17 heavy (non-hydrogen) atoms. The number of halogens is 2. The van der Waals surface area contributed by atoms with Crippen molar-refractivity contribution >= 4 is 5.97 Å². The summed E-state index contributed by atoms with van der Waals surface area (Å²) in [4.78, 5) is 15.0. The van der Waals surface area contributed by atoms with Gasteiger partial charge in [-0.25, -0.2) is 18.6 Å². The topological polar surface area (TPSA) is 74.4 Å². The smallest absolute Gasteiger partial charge is 0.360 e. The highest BCUT2D eigenvalue weighted by Gasteiger charge is 2.23. The number of carbonyl (C=O) groups excluding carboxylic acids is 1. The molecule has 0 unspecified atom stereocenters. The number of hydrogen-bond donors (Lipinski definition) is 1. The van der Waals surface area contributed by atoms with E-state index in [0.717, 1.165) is 13.3 Å². The second-order valence-corrected chi connectivity index (χ2v) is 3.07. The van der Waals surface area contributed by atoms with Gasteiger partial charge in [0.05, 0.1) is 14.2 Å². The lowest BCUT2D eigenvalue weighted by molar-refractivity contribution is 0.0589. The van der Waals surface area contributed by atoms with Crippen molar-refractivity contribution in [3.05, 3.63) is 23.0 Å². The maximum absolute atomic E-state index is 12.7. The highest BCUT2D eigenvalue weighted by molar-refractivity contribution is 5.90. The fraction of sp³-hybridized carbons (Fsp3) is 0.400. The summed E-state index contributed by atoms with van der Waals surface area (Å²) >= 11 is 0. The third-order valence-electron chi connectivity index (χ3n) is 2.19. The van der Waals surface area contributed by atoms with Crippen LogP contribution in [0.4, 0.5) is 8.78 Å². The Morgan fingerprint density at radius 2 is 2.18 bits per heavy atom. The molecule has 5 nitrogen and oxygen atoms in total. The third-order valence-corrected chi connectivity index (χ3v) is 2.19. The molecule has 0 aliphatic carbocycles. The Bertz CT molecular complexity index is 424. The molecule has 0 saturated carbocycles. The lowest BCUT2D eigenvalue weighted by Gasteiger charge is -2.14. The molecule has 0 fully saturated rings. The molecule has 0 saturated heterocycles. The number of esters is 1. The number of pyridine rings is 1. The number of alkyl halides is 2. The summed E-state index contributed by atoms with van der Waals surface area (Å²) in [5.74, 6) is -0.838. The van der Waals surface area contributed by atoms with Crippen LogP contribution in [-0.4, -0.2) is 25.2 Å². The first-order chi connectivity index (χ1) is 8.06. The zero-order valence-corrected chi connectivity index (χ0v) is 9.37. The Labute approximate surface area is 96.5 Å². The molecule has 0 radical (unpaired) electrons. The molecular weight excluding hydrogens is 234 g/mol. The molecular formula is C10H12F2N2O3. The zero-order valence-electron chi connectivity index (χ0n) is 9.37. The van der Waals surface area contributed by atoms with E-state index in [0.29, 0.717) is 0 Å². The van der Waals surface area contributed by atoms with E-state index in [2.05, 4.69) is 9.72 Å². The third kappa shape index (κ3) is 2.50. The van der Waals surface area contributed by atoms with Crippen molar-refractivity contribution in [1.82, 2.24) is 4.98 Å². The normalized spacial score (nSPS) is 10.5. The highest BCUT2D eigenvalue weighted by atomic mass is 19.3. The van der Waals surface area contributed by atoms with E-state index >= 15 is 0 Å². The van der Waals surface area contributed by atoms with E-state index in [9.17, 15) is 13.6 Å². The molecule has 0 aromatic carbocycles. The second-order valence-electron chi connectivity index (χ2n) is 3.07. The number of nitrogens with two attached hydrogens (primary N) is 1. The van der Waals surface area contributed by atoms with Gasteiger partial charge in [-0.3, -0.25) is 0 Å². The van der Waals surface area contributed by atoms with Crippen LogP contribution in [0, 0.1) is 0 Å². The van der Waals surface area contributed by atoms with E-state index in [1.54, 1.807) is 0 Å². The molecule has 1 rings (SSSR count). The molecule has 0 aliphatic rings. The van der Waals surface area contributed by atoms with Crippen molar-refractivity contribution < 1.29 is 23.0 Å². The van der Waals surface area contributed by atoms with Crippen LogP contribution in [0.15, 0.2) is 6.20 Å². The van der Waals surface area contributed by atoms with Crippen LogP contribution >= 0.6 is 0 Å². The van der Waals surface area contributed by atoms with Gasteiger partial charge in [0.25, 0.3) is 6.43 Å². The van der Waals surface area contributed by atoms with Crippen molar-refractivity contribution in [1.29, 1.82) is 0 Å². The maximum atomic E-state index is 12.7. The first-order valence-corrected chi connectivity index (χ1v) is 4.69. The minimum atomic E-state index is -2.73. The van der Waals surface area contributed by atoms with E-state index in [-0.39, 0.29) is 29.1 Å². The van der Waals surface area contributed by atoms with Gasteiger partial charge in [-0.05, 0) is 0 Å². The minimum Gasteiger partial charge on any atom is -0.494 e. The van der Waals surface area contributed by atoms with Crippen molar-refractivity contribution in [2.45, 2.75) is 13.0 Å². The first kappa shape index (κ1) is 13.3. The predicted molar refractivity (Wildman–Crippen MR) is 55.0 cm³/mol. The van der Waals surface area contributed by atoms with E-state index < -0.39 is 12.4 Å². The lowest BCUT2D eigenvalue weighted by atomic mass is 10.1. The van der Waals surface area contributed by atoms with Gasteiger partial charge in [-0.15, -0.1) is 0 Å². The van der Waals surface area contributed by atoms with E-state index in [1.165, 1.54) is 7.11 Å². The SMILES string of the molecule is COC(=O)c1ncc(C(F)F)c(CN)c1OC. The summed E-state index contributed by atoms with van der Waals surface area (Å²) in [7, 11) is 2.41. The molecule has 0 atom stereocenters. The molecule has 0 spiro atoms. The largest absolute Gasteiger partial charge is 0.494 e. The Morgan fingerprint density at radius 1 is 1.53 bits per heavy atom. The minimum absolute atomic E-state index is 0.0536. The van der Waals surface area contributed by atoms with Crippen molar-refractivity contribution in [3.8, 4) is 5.75 Å². The van der Waals surface area contributed by atoms with Crippen LogP contribution < -0.4 is 10.5 Å². The van der Waals surface area contributed by atoms with Gasteiger partial charge >= 0.3 is 5.97 Å². The van der Waals surface area contributed by atoms with Crippen LogP contribution in [0.25, 0.3) is 0 Å². The summed E-state index contributed by atoms with van der Waals surface area (Å²) in [6, 6.07) is 0. The Morgan fingerprint density at radius 3 is 2.59 bits per heavy atom. The van der Waals surface area contributed by atoms with Gasteiger partial charge in [-0.1, -0.05) is 0 Å². The molecule has 1 heterocycles. The zero-order chi connectivity index (χ0) is 13.0. The molecule has 7 heteroatoms. The van der Waals surface area contributed by atoms with Crippen molar-refractivity contribution in [3.63, 3.8) is 0 Å². The average molecular weight is 246 g/mol. The number of ether oxygens (including phenoxy) is 2. The van der Waals surface area contributed by atoms with Crippen molar-refractivity contribution in [2.24, 2.45) is 5.73 Å². The molecule has 1 aromatic rings. The summed E-state index contributed by atoms with van der Waals surface area (Å²) < 4.78 is 34.7. The number of hydrogen-bond acceptors (Lipinski definition) is 5.